The summed E-state index contributed by atoms with van der Waals surface area (Å²) in [6, 6.07) is 4.81. The van der Waals surface area contributed by atoms with Crippen LogP contribution in [0, 0.1) is 0 Å². The fourth-order valence-electron chi connectivity index (χ4n) is 2.79. The molecule has 0 saturated carbocycles. The van der Waals surface area contributed by atoms with E-state index >= 15 is 0 Å². The maximum Gasteiger partial charge on any atom is 0.326 e. The van der Waals surface area contributed by atoms with E-state index in [1.54, 1.807) is 12.1 Å². The Hall–Kier alpha value is -4.33. The van der Waals surface area contributed by atoms with Crippen LogP contribution in [0.5, 0.6) is 0 Å². The second kappa shape index (κ2) is 11.3. The molecule has 0 radical (unpaired) electrons. The van der Waals surface area contributed by atoms with Gasteiger partial charge in [0, 0.05) is 25.1 Å². The Balaban J connectivity index is 1.87. The number of aromatic amines is 1. The van der Waals surface area contributed by atoms with Crippen LogP contribution < -0.4 is 38.5 Å². The molecule has 1 heterocycles. The number of carbonyl (C=O) groups excluding carboxylic acids is 1. The fourth-order valence-corrected chi connectivity index (χ4v) is 2.79. The Kier molecular flexibility index (Phi) is 8.56. The van der Waals surface area contributed by atoms with Gasteiger partial charge in [-0.1, -0.05) is 0 Å². The van der Waals surface area contributed by atoms with Gasteiger partial charge in [0.2, 0.25) is 5.95 Å². The first kappa shape index (κ1) is 24.9. The van der Waals surface area contributed by atoms with Crippen molar-refractivity contribution in [3.05, 3.63) is 40.2 Å². The number of aliphatic carboxylic acids is 2. The van der Waals surface area contributed by atoms with Gasteiger partial charge in [0.05, 0.1) is 5.69 Å². The van der Waals surface area contributed by atoms with Gasteiger partial charge in [-0.05, 0) is 37.1 Å². The third-order valence-electron chi connectivity index (χ3n) is 4.55. The Labute approximate surface area is 187 Å². The van der Waals surface area contributed by atoms with Crippen LogP contribution >= 0.6 is 0 Å². The fraction of sp³-hybridized carbons (Fsp3) is 0.316. The van der Waals surface area contributed by atoms with Crippen LogP contribution in [0.3, 0.4) is 0 Å². The monoisotopic (exact) mass is 462 g/mol. The maximum atomic E-state index is 12.3. The molecule has 0 aliphatic carbocycles. The number of anilines is 4. The Morgan fingerprint density at radius 2 is 1.82 bits per heavy atom. The van der Waals surface area contributed by atoms with Crippen molar-refractivity contribution in [1.82, 2.24) is 15.3 Å². The first-order valence-corrected chi connectivity index (χ1v) is 9.85. The first-order chi connectivity index (χ1) is 15.6. The average molecular weight is 462 g/mol. The van der Waals surface area contributed by atoms with E-state index < -0.39 is 29.4 Å². The molecule has 1 amide bonds. The number of nitrogens with two attached hydrogens (primary N) is 3. The number of carboxylic acids is 2. The number of rotatable bonds is 12. The minimum Gasteiger partial charge on any atom is -0.481 e. The zero-order valence-electron chi connectivity index (χ0n) is 17.6. The Morgan fingerprint density at radius 3 is 2.42 bits per heavy atom. The number of benzene rings is 1. The summed E-state index contributed by atoms with van der Waals surface area (Å²) in [4.78, 5) is 51.9. The highest BCUT2D eigenvalue weighted by molar-refractivity contribution is 5.96. The summed E-state index contributed by atoms with van der Waals surface area (Å²) in [5, 5.41) is 24.5. The predicted molar refractivity (Wildman–Crippen MR) is 121 cm³/mol. The van der Waals surface area contributed by atoms with E-state index in [4.69, 9.17) is 27.5 Å². The molecule has 0 unspecified atom stereocenters. The lowest BCUT2D eigenvalue weighted by atomic mass is 10.1. The lowest BCUT2D eigenvalue weighted by molar-refractivity contribution is -0.140. The minimum absolute atomic E-state index is 0.0576. The topological polar surface area (TPSA) is 243 Å². The number of amides is 1. The molecule has 1 aromatic heterocycles. The molecule has 0 bridgehead atoms. The van der Waals surface area contributed by atoms with Crippen LogP contribution in [-0.2, 0) is 9.59 Å². The van der Waals surface area contributed by atoms with Crippen molar-refractivity contribution in [1.29, 1.82) is 0 Å². The maximum absolute atomic E-state index is 12.3. The molecule has 1 aromatic carbocycles. The highest BCUT2D eigenvalue weighted by Gasteiger charge is 2.21. The smallest absolute Gasteiger partial charge is 0.326 e. The standard InChI is InChI=1S/C19H26N8O6/c20-14-15(25-19(21)26-17(14)31)23-8-1-9-27(22)11-4-2-10(3-5-11)16(30)24-12(18(32)33)6-7-13(28)29/h2-5,12H,1,6-9,20,22H2,(H,24,30)(H,28,29)(H,32,33)(H4,21,23,25,26,31)/t12-/m0/s1. The van der Waals surface area contributed by atoms with Crippen molar-refractivity contribution in [3.63, 3.8) is 0 Å². The van der Waals surface area contributed by atoms with Gasteiger partial charge in [-0.15, -0.1) is 0 Å². The average Bonchev–Trinajstić information content (AvgIpc) is 2.76. The largest absolute Gasteiger partial charge is 0.481 e. The number of hydrogen-bond acceptors (Lipinski definition) is 10. The van der Waals surface area contributed by atoms with Crippen molar-refractivity contribution in [3.8, 4) is 0 Å². The quantitative estimate of drug-likeness (QED) is 0.109. The number of H-pyrrole nitrogens is 1. The van der Waals surface area contributed by atoms with Crippen molar-refractivity contribution in [2.75, 3.05) is 34.9 Å². The van der Waals surface area contributed by atoms with Gasteiger partial charge in [0.15, 0.2) is 5.82 Å². The number of nitrogens with one attached hydrogen (secondary N) is 3. The number of nitrogens with zero attached hydrogens (tertiary/aromatic N) is 2. The van der Waals surface area contributed by atoms with Crippen molar-refractivity contribution in [2.45, 2.75) is 25.3 Å². The van der Waals surface area contributed by atoms with Gasteiger partial charge in [-0.2, -0.15) is 4.98 Å². The Bertz CT molecular complexity index is 1060. The van der Waals surface area contributed by atoms with Gasteiger partial charge < -0.3 is 37.3 Å². The second-order valence-electron chi connectivity index (χ2n) is 7.03. The SMILES string of the molecule is Nc1nc(NCCCN(N)c2ccc(C(=O)N[C@@H](CCC(=O)O)C(=O)O)cc2)c(N)c(=O)[nH]1. The molecule has 0 spiro atoms. The highest BCUT2D eigenvalue weighted by atomic mass is 16.4. The summed E-state index contributed by atoms with van der Waals surface area (Å²) >= 11 is 0. The molecule has 0 saturated heterocycles. The third kappa shape index (κ3) is 7.39. The normalized spacial score (nSPS) is 11.4. The van der Waals surface area contributed by atoms with E-state index in [9.17, 15) is 19.2 Å². The molecule has 0 fully saturated rings. The molecule has 14 nitrogen and oxygen atoms in total. The van der Waals surface area contributed by atoms with Gasteiger partial charge >= 0.3 is 11.9 Å². The number of nitrogen functional groups attached to an aromatic ring is 2. The van der Waals surface area contributed by atoms with Crippen molar-refractivity contribution in [2.24, 2.45) is 5.84 Å². The lowest BCUT2D eigenvalue weighted by Crippen LogP contribution is -2.41. The van der Waals surface area contributed by atoms with Crippen LogP contribution in [0.2, 0.25) is 0 Å². The summed E-state index contributed by atoms with van der Waals surface area (Å²) in [7, 11) is 0. The molecule has 14 heteroatoms. The second-order valence-corrected chi connectivity index (χ2v) is 7.03. The number of hydrogen-bond donors (Lipinski definition) is 8. The van der Waals surface area contributed by atoms with Gasteiger partial charge in [0.1, 0.15) is 11.7 Å². The van der Waals surface area contributed by atoms with E-state index in [0.29, 0.717) is 25.2 Å². The number of hydrazine groups is 1. The van der Waals surface area contributed by atoms with Crippen LogP contribution in [0.4, 0.5) is 23.1 Å². The highest BCUT2D eigenvalue weighted by Crippen LogP contribution is 2.14. The molecule has 2 rings (SSSR count). The summed E-state index contributed by atoms with van der Waals surface area (Å²) in [6.07, 6.45) is -0.0648. The van der Waals surface area contributed by atoms with E-state index in [2.05, 4.69) is 20.6 Å². The van der Waals surface area contributed by atoms with E-state index in [1.165, 1.54) is 17.1 Å². The van der Waals surface area contributed by atoms with Gasteiger partial charge in [0.25, 0.3) is 11.5 Å². The zero-order valence-corrected chi connectivity index (χ0v) is 17.6. The summed E-state index contributed by atoms with van der Waals surface area (Å²) < 4.78 is 0. The van der Waals surface area contributed by atoms with Crippen LogP contribution in [0.1, 0.15) is 29.6 Å². The molecule has 0 aliphatic heterocycles. The van der Waals surface area contributed by atoms with Crippen LogP contribution in [-0.4, -0.2) is 57.2 Å². The number of carbonyl (C=O) groups is 3. The van der Waals surface area contributed by atoms with Crippen molar-refractivity contribution >= 4 is 41.0 Å². The zero-order chi connectivity index (χ0) is 24.5. The number of aromatic nitrogens is 2. The van der Waals surface area contributed by atoms with Crippen LogP contribution in [0.15, 0.2) is 29.1 Å². The van der Waals surface area contributed by atoms with Gasteiger partial charge in [-0.3, -0.25) is 19.4 Å². The molecule has 33 heavy (non-hydrogen) atoms. The Morgan fingerprint density at radius 1 is 1.15 bits per heavy atom. The molecule has 178 valence electrons. The van der Waals surface area contributed by atoms with Gasteiger partial charge in [-0.25, -0.2) is 10.6 Å². The predicted octanol–water partition coefficient (Wildman–Crippen LogP) is -0.836. The van der Waals surface area contributed by atoms with E-state index in [1.807, 2.05) is 0 Å². The molecule has 11 N–H and O–H groups in total. The molecule has 0 aliphatic rings. The summed E-state index contributed by atoms with van der Waals surface area (Å²) in [5.74, 6) is 3.03. The van der Waals surface area contributed by atoms with Crippen molar-refractivity contribution < 1.29 is 24.6 Å². The number of carboxylic acid groups (broad SMARTS) is 2. The minimum atomic E-state index is -1.32. The summed E-state index contributed by atoms with van der Waals surface area (Å²) in [5.41, 5.74) is 11.3. The molecule has 2 aromatic rings. The van der Waals surface area contributed by atoms with E-state index in [-0.39, 0.29) is 35.9 Å². The van der Waals surface area contributed by atoms with E-state index in [0.717, 1.165) is 0 Å². The first-order valence-electron chi connectivity index (χ1n) is 9.85. The molecule has 1 atom stereocenters. The summed E-state index contributed by atoms with van der Waals surface area (Å²) in [6.45, 7) is 0.814. The third-order valence-corrected chi connectivity index (χ3v) is 4.55. The lowest BCUT2D eigenvalue weighted by Gasteiger charge is -2.19. The molecular weight excluding hydrogens is 436 g/mol. The van der Waals surface area contributed by atoms with Crippen LogP contribution in [0.25, 0.3) is 0 Å². The molecular formula is C19H26N8O6.